The zero-order valence-corrected chi connectivity index (χ0v) is 50.6. The monoisotopic (exact) mass is 1270 g/mol. The van der Waals surface area contributed by atoms with Gasteiger partial charge in [-0.3, -0.25) is 43.3 Å². The number of carbonyl (C=O) groups excluding carboxylic acids is 6. The number of carbonyl (C=O) groups is 8. The lowest BCUT2D eigenvalue weighted by molar-refractivity contribution is -0.152. The number of aromatic nitrogens is 7. The van der Waals surface area contributed by atoms with Crippen LogP contribution in [-0.2, 0) is 54.7 Å². The summed E-state index contributed by atoms with van der Waals surface area (Å²) in [5.41, 5.74) is 8.99. The summed E-state index contributed by atoms with van der Waals surface area (Å²) < 4.78 is 5.22. The number of anilines is 1. The fourth-order valence-corrected chi connectivity index (χ4v) is 14.1. The van der Waals surface area contributed by atoms with E-state index in [1.54, 1.807) is 41.2 Å². The maximum Gasteiger partial charge on any atom is 0.307 e. The van der Waals surface area contributed by atoms with Crippen molar-refractivity contribution in [3.63, 3.8) is 0 Å². The van der Waals surface area contributed by atoms with E-state index >= 15 is 0 Å². The van der Waals surface area contributed by atoms with Crippen molar-refractivity contribution in [2.45, 2.75) is 77.5 Å². The molecule has 0 aliphatic heterocycles. The quantitative estimate of drug-likeness (QED) is 0.0239. The highest BCUT2D eigenvalue weighted by atomic mass is 32.1. The molecule has 1 aliphatic carbocycles. The van der Waals surface area contributed by atoms with Gasteiger partial charge in [-0.25, -0.2) is 34.9 Å². The van der Waals surface area contributed by atoms with Gasteiger partial charge in [0.1, 0.15) is 65.0 Å². The van der Waals surface area contributed by atoms with E-state index in [2.05, 4.69) is 43.4 Å². The van der Waals surface area contributed by atoms with Gasteiger partial charge in [0.15, 0.2) is 0 Å². The molecule has 0 saturated heterocycles. The molecule has 1 aliphatic rings. The lowest BCUT2D eigenvalue weighted by Gasteiger charge is -2.35. The Hall–Kier alpha value is -8.13. The molecule has 0 bridgehead atoms. The van der Waals surface area contributed by atoms with Crippen molar-refractivity contribution in [2.24, 2.45) is 17.6 Å². The Kier molecular flexibility index (Phi) is 20.4. The number of benzene rings is 1. The van der Waals surface area contributed by atoms with Crippen LogP contribution >= 0.6 is 68.0 Å². The summed E-state index contributed by atoms with van der Waals surface area (Å²) in [7, 11) is 2.90. The summed E-state index contributed by atoms with van der Waals surface area (Å²) in [5, 5.41) is 39.9. The molecule has 0 radical (unpaired) electrons. The number of aliphatic carboxylic acids is 2. The van der Waals surface area contributed by atoms with E-state index in [1.807, 2.05) is 29.0 Å². The summed E-state index contributed by atoms with van der Waals surface area (Å²) in [6.45, 7) is 1.38. The Labute approximate surface area is 509 Å². The van der Waals surface area contributed by atoms with E-state index in [9.17, 15) is 48.6 Å². The largest absolute Gasteiger partial charge is 0.481 e. The molecule has 0 spiro atoms. The molecule has 1 aromatic carbocycles. The van der Waals surface area contributed by atoms with Crippen LogP contribution < -0.4 is 31.9 Å². The second kappa shape index (κ2) is 28.2. The number of pyridine rings is 1. The number of ether oxygens (including phenoxy) is 1. The number of thiazole rings is 6. The minimum atomic E-state index is -1.05. The Balaban J connectivity index is 0.976. The number of hydrogen-bond acceptors (Lipinski definition) is 22. The lowest BCUT2D eigenvalue weighted by Crippen LogP contribution is -2.46. The van der Waals surface area contributed by atoms with Gasteiger partial charge in [0, 0.05) is 65.5 Å². The molecular weight excluding hydrogens is 1210 g/mol. The average Bonchev–Trinajstić information content (AvgIpc) is 4.18. The number of nitrogens with two attached hydrogens (primary N) is 1. The number of aryl methyl sites for hydroxylation is 3. The van der Waals surface area contributed by atoms with E-state index in [0.29, 0.717) is 83.8 Å². The maximum absolute atomic E-state index is 14.3. The third kappa shape index (κ3) is 15.2. The van der Waals surface area contributed by atoms with Crippen LogP contribution in [0, 0.1) is 18.8 Å². The van der Waals surface area contributed by atoms with Crippen LogP contribution in [0.3, 0.4) is 0 Å². The second-order valence-corrected chi connectivity index (χ2v) is 25.2. The zero-order valence-electron chi connectivity index (χ0n) is 45.7. The molecule has 0 unspecified atom stereocenters. The van der Waals surface area contributed by atoms with Crippen molar-refractivity contribution in [3.05, 3.63) is 111 Å². The minimum absolute atomic E-state index is 0.0147. The number of hydrogen-bond donors (Lipinski definition) is 7. The lowest BCUT2D eigenvalue weighted by atomic mass is 9.73. The maximum atomic E-state index is 14.3. The number of unbranched alkanes of at least 4 members (excludes halogenated alkanes) is 1. The molecule has 7 aromatic heterocycles. The van der Waals surface area contributed by atoms with E-state index in [0.717, 1.165) is 40.5 Å². The van der Waals surface area contributed by atoms with Crippen molar-refractivity contribution < 1.29 is 53.3 Å². The van der Waals surface area contributed by atoms with E-state index < -0.39 is 65.9 Å². The number of nitrogens with zero attached hydrogens (tertiary/aromatic N) is 8. The van der Waals surface area contributed by atoms with Crippen LogP contribution in [0.2, 0.25) is 0 Å². The second-order valence-electron chi connectivity index (χ2n) is 19.3. The number of carboxylic acid groups (broad SMARTS) is 2. The normalized spacial score (nSPS) is 14.0. The summed E-state index contributed by atoms with van der Waals surface area (Å²) in [5.74, 6) is -6.68. The molecular formula is C55H55N13O11S6. The van der Waals surface area contributed by atoms with Gasteiger partial charge in [0.25, 0.3) is 17.7 Å². The van der Waals surface area contributed by atoms with Crippen LogP contribution in [0.25, 0.3) is 43.4 Å². The van der Waals surface area contributed by atoms with Gasteiger partial charge in [-0.05, 0) is 56.7 Å². The highest BCUT2D eigenvalue weighted by Gasteiger charge is 2.44. The fraction of sp³-hybridized carbons (Fsp3) is 0.327. The summed E-state index contributed by atoms with van der Waals surface area (Å²) in [4.78, 5) is 138. The van der Waals surface area contributed by atoms with Gasteiger partial charge >= 0.3 is 11.9 Å². The van der Waals surface area contributed by atoms with E-state index in [1.165, 1.54) is 58.6 Å². The van der Waals surface area contributed by atoms with Crippen molar-refractivity contribution in [1.29, 1.82) is 0 Å². The number of carboxylic acids is 2. The number of rotatable bonds is 28. The first-order chi connectivity index (χ1) is 41.0. The van der Waals surface area contributed by atoms with Crippen LogP contribution in [0.15, 0.2) is 64.0 Å². The van der Waals surface area contributed by atoms with Crippen LogP contribution in [0.4, 0.5) is 5.82 Å². The van der Waals surface area contributed by atoms with Gasteiger partial charge < -0.3 is 42.0 Å². The highest BCUT2D eigenvalue weighted by molar-refractivity contribution is 7.15. The van der Waals surface area contributed by atoms with Crippen LogP contribution in [0.5, 0.6) is 0 Å². The Morgan fingerprint density at radius 3 is 2.20 bits per heavy atom. The Morgan fingerprint density at radius 1 is 0.729 bits per heavy atom. The first kappa shape index (κ1) is 61.4. The van der Waals surface area contributed by atoms with Crippen molar-refractivity contribution in [2.75, 3.05) is 32.1 Å². The van der Waals surface area contributed by atoms with E-state index in [-0.39, 0.29) is 66.4 Å². The summed E-state index contributed by atoms with van der Waals surface area (Å²) >= 11 is 7.58. The van der Waals surface area contributed by atoms with Gasteiger partial charge in [-0.15, -0.1) is 68.0 Å². The van der Waals surface area contributed by atoms with Crippen molar-refractivity contribution in [1.82, 2.24) is 56.2 Å². The molecule has 85 heavy (non-hydrogen) atoms. The SMILES string of the molecule is CNC(=O)C[C@H](NC(=O)c1csc(-c2ccc(-c3nc(N(CCCCC(=O)O)C(=O)[C@H]4CC[C@H]4C(=O)O)cs3)nc2-c2csc(-c3csc(CCc4ccccc4)n3)n2)n1)c1nc(C(=O)NCc2nc(C(=O)NCC(N)=O)c(COC)s2)c(C)s1. The van der Waals surface area contributed by atoms with Gasteiger partial charge in [-0.1, -0.05) is 30.3 Å². The molecule has 9 rings (SSSR count). The molecule has 7 heterocycles. The third-order valence-electron chi connectivity index (χ3n) is 13.4. The third-order valence-corrected chi connectivity index (χ3v) is 19.0. The van der Waals surface area contributed by atoms with Crippen LogP contribution in [-0.4, -0.2) is 120 Å². The number of primary amides is 1. The number of nitrogens with one attached hydrogen (secondary N) is 4. The average molecular weight is 1270 g/mol. The number of amides is 6. The molecule has 442 valence electrons. The summed E-state index contributed by atoms with van der Waals surface area (Å²) in [6.07, 6.45) is 2.67. The van der Waals surface area contributed by atoms with Crippen LogP contribution in [0.1, 0.15) is 106 Å². The molecule has 3 atom stereocenters. The van der Waals surface area contributed by atoms with E-state index in [4.69, 9.17) is 35.4 Å². The number of methoxy groups -OCH3 is 1. The van der Waals surface area contributed by atoms with Gasteiger partial charge in [-0.2, -0.15) is 0 Å². The Bertz CT molecular complexity index is 3780. The highest BCUT2D eigenvalue weighted by Crippen LogP contribution is 2.41. The molecule has 8 N–H and O–H groups in total. The molecule has 1 saturated carbocycles. The molecule has 6 amide bonds. The topological polar surface area (TPSA) is 354 Å². The summed E-state index contributed by atoms with van der Waals surface area (Å²) in [6, 6.07) is 12.7. The Morgan fingerprint density at radius 2 is 1.47 bits per heavy atom. The standard InChI is InChI=1S/C55H55N13O11S6/c1-27-44(48(74)59-21-42-66-46(37(85-42)22-79-3)49(75)58-20-38(56)69)67-53(84-27)33(19-40(70)57-2)62-47(73)35-24-81-50(64-35)31-15-16-32(51-65-39(26-83-51)68(18-8-7-11-43(71)72)54(76)29-13-14-30(29)55(77)78)61-45(31)34-23-82-52(63-34)36-25-80-41(60-36)17-12-28-9-5-4-6-10-28/h4-6,9-10,15-16,23-26,29-30,33H,7-8,11-14,17-22H2,1-3H3,(H2,56,69)(H,57,70)(H,58,75)(H,59,74)(H,62,73)(H,71,72)(H,77,78)/t29-,30+,33-/m0/s1. The first-order valence-electron chi connectivity index (χ1n) is 26.4. The molecule has 24 nitrogen and oxygen atoms in total. The van der Waals surface area contributed by atoms with Gasteiger partial charge in [0.2, 0.25) is 17.7 Å². The molecule has 8 aromatic rings. The minimum Gasteiger partial charge on any atom is -0.481 e. The molecule has 1 fully saturated rings. The van der Waals surface area contributed by atoms with Crippen molar-refractivity contribution >= 4 is 121 Å². The first-order valence-corrected chi connectivity index (χ1v) is 31.6. The van der Waals surface area contributed by atoms with Gasteiger partial charge in [0.05, 0.1) is 59.6 Å². The predicted octanol–water partition coefficient (Wildman–Crippen LogP) is 7.18. The predicted molar refractivity (Wildman–Crippen MR) is 321 cm³/mol. The smallest absolute Gasteiger partial charge is 0.307 e. The zero-order chi connectivity index (χ0) is 60.3. The van der Waals surface area contributed by atoms with Crippen molar-refractivity contribution in [3.8, 4) is 43.4 Å². The fourth-order valence-electron chi connectivity index (χ4n) is 8.92. The molecule has 30 heteroatoms.